The summed E-state index contributed by atoms with van der Waals surface area (Å²) in [6.07, 6.45) is 0. The Morgan fingerprint density at radius 1 is 1.18 bits per heavy atom. The van der Waals surface area contributed by atoms with Crippen LogP contribution in [0.2, 0.25) is 5.02 Å². The third-order valence-corrected chi connectivity index (χ3v) is 8.40. The van der Waals surface area contributed by atoms with Crippen molar-refractivity contribution in [2.75, 3.05) is 23.0 Å². The summed E-state index contributed by atoms with van der Waals surface area (Å²) in [5.41, 5.74) is 1.96. The highest BCUT2D eigenvalue weighted by atomic mass is 35.5. The average Bonchev–Trinajstić information content (AvgIpc) is 3.15. The highest BCUT2D eigenvalue weighted by Crippen LogP contribution is 2.38. The minimum Gasteiger partial charge on any atom is -0.494 e. The van der Waals surface area contributed by atoms with Gasteiger partial charge in [0.15, 0.2) is 15.0 Å². The van der Waals surface area contributed by atoms with E-state index in [1.807, 2.05) is 55.5 Å². The van der Waals surface area contributed by atoms with Gasteiger partial charge in [-0.15, -0.1) is 0 Å². The van der Waals surface area contributed by atoms with Crippen molar-refractivity contribution in [3.8, 4) is 5.75 Å². The molecule has 148 valence electrons. The lowest BCUT2D eigenvalue weighted by atomic mass is 10.2. The zero-order chi connectivity index (χ0) is 19.7. The molecule has 0 spiro atoms. The van der Waals surface area contributed by atoms with Crippen molar-refractivity contribution in [1.82, 2.24) is 0 Å². The molecule has 5 nitrogen and oxygen atoms in total. The summed E-state index contributed by atoms with van der Waals surface area (Å²) in [7, 11) is -2.98. The minimum absolute atomic E-state index is 0.00329. The van der Waals surface area contributed by atoms with Crippen molar-refractivity contribution >= 4 is 44.1 Å². The molecule has 0 aromatic heterocycles. The number of nitrogens with zero attached hydrogens (tertiary/aromatic N) is 2. The van der Waals surface area contributed by atoms with E-state index in [-0.39, 0.29) is 22.8 Å². The number of hydrogen-bond acceptors (Lipinski definition) is 6. The molecule has 0 aliphatic carbocycles. The third-order valence-electron chi connectivity index (χ3n) is 4.78. The van der Waals surface area contributed by atoms with Gasteiger partial charge in [0.05, 0.1) is 30.7 Å². The van der Waals surface area contributed by atoms with Gasteiger partial charge in [0.2, 0.25) is 0 Å². The van der Waals surface area contributed by atoms with Crippen LogP contribution < -0.4 is 9.64 Å². The van der Waals surface area contributed by atoms with Gasteiger partial charge in [0, 0.05) is 16.0 Å². The number of fused-ring (bicyclic) bond motifs is 1. The molecule has 2 unspecified atom stereocenters. The second-order valence-electron chi connectivity index (χ2n) is 6.82. The quantitative estimate of drug-likeness (QED) is 0.708. The van der Waals surface area contributed by atoms with Gasteiger partial charge in [-0.3, -0.25) is 4.99 Å². The molecule has 2 aliphatic heterocycles. The smallest absolute Gasteiger partial charge is 0.164 e. The predicted octanol–water partition coefficient (Wildman–Crippen LogP) is 4.01. The molecule has 2 aliphatic rings. The van der Waals surface area contributed by atoms with E-state index in [9.17, 15) is 8.42 Å². The van der Waals surface area contributed by atoms with Crippen molar-refractivity contribution < 1.29 is 13.2 Å². The zero-order valence-corrected chi connectivity index (χ0v) is 17.8. The molecule has 2 atom stereocenters. The first-order valence-corrected chi connectivity index (χ1v) is 12.2. The topological polar surface area (TPSA) is 59.0 Å². The highest BCUT2D eigenvalue weighted by Gasteiger charge is 2.44. The van der Waals surface area contributed by atoms with E-state index in [0.29, 0.717) is 18.2 Å². The first kappa shape index (κ1) is 19.6. The Labute approximate surface area is 174 Å². The SMILES string of the molecule is CCOc1ccc(N(Cc2ccccc2Cl)C2=NC3CS(=O)(=O)CC3S2)cc1. The van der Waals surface area contributed by atoms with Crippen LogP contribution in [0.3, 0.4) is 0 Å². The van der Waals surface area contributed by atoms with Gasteiger partial charge >= 0.3 is 0 Å². The number of anilines is 1. The van der Waals surface area contributed by atoms with Crippen LogP contribution in [-0.2, 0) is 16.4 Å². The molecule has 28 heavy (non-hydrogen) atoms. The molecule has 2 aromatic rings. The van der Waals surface area contributed by atoms with Crippen LogP contribution in [-0.4, -0.2) is 43.0 Å². The Morgan fingerprint density at radius 2 is 1.93 bits per heavy atom. The Morgan fingerprint density at radius 3 is 2.61 bits per heavy atom. The first-order chi connectivity index (χ1) is 13.4. The Hall–Kier alpha value is -1.70. The van der Waals surface area contributed by atoms with Crippen LogP contribution in [0.1, 0.15) is 12.5 Å². The summed E-state index contributed by atoms with van der Waals surface area (Å²) in [5.74, 6) is 1.14. The van der Waals surface area contributed by atoms with E-state index in [1.165, 1.54) is 0 Å². The van der Waals surface area contributed by atoms with Crippen molar-refractivity contribution in [2.45, 2.75) is 24.8 Å². The maximum atomic E-state index is 11.9. The Balaban J connectivity index is 1.65. The molecule has 8 heteroatoms. The maximum Gasteiger partial charge on any atom is 0.164 e. The fraction of sp³-hybridized carbons (Fsp3) is 0.350. The molecule has 4 rings (SSSR count). The van der Waals surface area contributed by atoms with Crippen molar-refractivity contribution in [2.24, 2.45) is 4.99 Å². The third kappa shape index (κ3) is 4.16. The predicted molar refractivity (Wildman–Crippen MR) is 117 cm³/mol. The maximum absolute atomic E-state index is 11.9. The number of hydrogen-bond donors (Lipinski definition) is 0. The first-order valence-electron chi connectivity index (χ1n) is 9.14. The number of rotatable bonds is 5. The summed E-state index contributed by atoms with van der Waals surface area (Å²) in [6, 6.07) is 15.4. The zero-order valence-electron chi connectivity index (χ0n) is 15.4. The van der Waals surface area contributed by atoms with Crippen molar-refractivity contribution in [3.05, 3.63) is 59.1 Å². The van der Waals surface area contributed by atoms with Crippen LogP contribution in [0, 0.1) is 0 Å². The molecular formula is C20H21ClN2O3S2. The summed E-state index contributed by atoms with van der Waals surface area (Å²) in [6.45, 7) is 3.13. The monoisotopic (exact) mass is 436 g/mol. The summed E-state index contributed by atoms with van der Waals surface area (Å²) < 4.78 is 29.3. The molecule has 0 N–H and O–H groups in total. The lowest BCUT2D eigenvalue weighted by molar-refractivity contribution is 0.340. The number of thioether (sulfide) groups is 1. The molecule has 1 fully saturated rings. The molecule has 0 saturated carbocycles. The fourth-order valence-electron chi connectivity index (χ4n) is 3.43. The van der Waals surface area contributed by atoms with Crippen LogP contribution in [0.5, 0.6) is 5.75 Å². The van der Waals surface area contributed by atoms with Gasteiger partial charge in [-0.05, 0) is 42.8 Å². The lowest BCUT2D eigenvalue weighted by Gasteiger charge is -2.25. The van der Waals surface area contributed by atoms with Crippen LogP contribution >= 0.6 is 23.4 Å². The summed E-state index contributed by atoms with van der Waals surface area (Å²) in [4.78, 5) is 6.86. The molecule has 1 saturated heterocycles. The van der Waals surface area contributed by atoms with Crippen LogP contribution in [0.4, 0.5) is 5.69 Å². The molecule has 0 radical (unpaired) electrons. The molecule has 2 heterocycles. The average molecular weight is 437 g/mol. The number of aliphatic imine (C=N–C) groups is 1. The van der Waals surface area contributed by atoms with Gasteiger partial charge in [0.25, 0.3) is 0 Å². The van der Waals surface area contributed by atoms with E-state index in [4.69, 9.17) is 21.3 Å². The molecule has 0 amide bonds. The molecule has 0 bridgehead atoms. The van der Waals surface area contributed by atoms with Crippen LogP contribution in [0.15, 0.2) is 53.5 Å². The summed E-state index contributed by atoms with van der Waals surface area (Å²) in [5, 5.41) is 1.54. The van der Waals surface area contributed by atoms with Gasteiger partial charge < -0.3 is 9.64 Å². The largest absolute Gasteiger partial charge is 0.494 e. The van der Waals surface area contributed by atoms with Crippen molar-refractivity contribution in [3.63, 3.8) is 0 Å². The Kier molecular flexibility index (Phi) is 5.58. The molecular weight excluding hydrogens is 416 g/mol. The number of benzene rings is 2. The van der Waals surface area contributed by atoms with Gasteiger partial charge in [-0.1, -0.05) is 41.6 Å². The second-order valence-corrected chi connectivity index (χ2v) is 10.6. The van der Waals surface area contributed by atoms with Crippen LogP contribution in [0.25, 0.3) is 0 Å². The normalized spacial score (nSPS) is 22.6. The van der Waals surface area contributed by atoms with Gasteiger partial charge in [-0.25, -0.2) is 8.42 Å². The van der Waals surface area contributed by atoms with E-state index >= 15 is 0 Å². The van der Waals surface area contributed by atoms with E-state index in [0.717, 1.165) is 22.2 Å². The number of amidine groups is 1. The second kappa shape index (κ2) is 7.97. The van der Waals surface area contributed by atoms with E-state index in [2.05, 4.69) is 4.90 Å². The fourth-order valence-corrected chi connectivity index (χ4v) is 7.40. The summed E-state index contributed by atoms with van der Waals surface area (Å²) >= 11 is 7.94. The number of sulfone groups is 1. The van der Waals surface area contributed by atoms with E-state index in [1.54, 1.807) is 11.8 Å². The standard InChI is InChI=1S/C20H21ClN2O3S2/c1-2-26-16-9-7-15(8-10-16)23(11-14-5-3-4-6-17(14)21)20-22-18-12-28(24,25)13-19(18)27-20/h3-10,18-19H,2,11-13H2,1H3. The number of halogens is 1. The molecule has 2 aromatic carbocycles. The van der Waals surface area contributed by atoms with Crippen molar-refractivity contribution in [1.29, 1.82) is 0 Å². The van der Waals surface area contributed by atoms with E-state index < -0.39 is 9.84 Å². The Bertz CT molecular complexity index is 993. The highest BCUT2D eigenvalue weighted by molar-refractivity contribution is 8.15. The number of ether oxygens (including phenoxy) is 1. The van der Waals surface area contributed by atoms with Gasteiger partial charge in [-0.2, -0.15) is 0 Å². The van der Waals surface area contributed by atoms with Gasteiger partial charge in [0.1, 0.15) is 5.75 Å². The lowest BCUT2D eigenvalue weighted by Crippen LogP contribution is -2.28. The minimum atomic E-state index is -2.98.